The molecule has 0 aliphatic heterocycles. The lowest BCUT2D eigenvalue weighted by Gasteiger charge is -2.12. The van der Waals surface area contributed by atoms with Gasteiger partial charge in [-0.25, -0.2) is 0 Å². The van der Waals surface area contributed by atoms with Gasteiger partial charge in [0.05, 0.1) is 6.10 Å². The highest BCUT2D eigenvalue weighted by molar-refractivity contribution is 5.95. The third-order valence-electron chi connectivity index (χ3n) is 3.48. The fraction of sp³-hybridized carbons (Fsp3) is 0.786. The van der Waals surface area contributed by atoms with Gasteiger partial charge in [-0.15, -0.1) is 0 Å². The highest BCUT2D eigenvalue weighted by Gasteiger charge is 2.35. The number of unbranched alkanes of at least 4 members (excludes halogenated alkanes) is 1. The Balaban J connectivity index is 2.44. The number of hydrogen-bond acceptors (Lipinski definition) is 2. The molecule has 0 bridgehead atoms. The maximum atomic E-state index is 13.4. The number of carbonyl (C=O) groups is 1. The van der Waals surface area contributed by atoms with Gasteiger partial charge >= 0.3 is 5.92 Å². The number of methoxy groups -OCH3 is 1. The standard InChI is InChI=1S/C14H22F2O2/c1-3-4-9-14(15,16)13(17)8-6-11-5-7-12(10-11)18-2/h6,8,11-12H,3-5,7,9-10H2,1-2H3/b8-6+. The number of carbonyl (C=O) groups excluding carboxylic acids is 1. The Bertz CT molecular complexity index is 300. The van der Waals surface area contributed by atoms with E-state index in [0.29, 0.717) is 12.8 Å². The van der Waals surface area contributed by atoms with Crippen molar-refractivity contribution in [1.29, 1.82) is 0 Å². The molecule has 2 unspecified atom stereocenters. The van der Waals surface area contributed by atoms with Gasteiger partial charge in [-0.2, -0.15) is 8.78 Å². The molecule has 1 fully saturated rings. The Labute approximate surface area is 107 Å². The van der Waals surface area contributed by atoms with Crippen LogP contribution in [0.4, 0.5) is 8.78 Å². The number of ether oxygens (including phenoxy) is 1. The molecule has 2 atom stereocenters. The highest BCUT2D eigenvalue weighted by atomic mass is 19.3. The molecule has 0 saturated heterocycles. The quantitative estimate of drug-likeness (QED) is 0.652. The van der Waals surface area contributed by atoms with Gasteiger partial charge in [-0.05, 0) is 37.7 Å². The van der Waals surface area contributed by atoms with E-state index in [2.05, 4.69) is 0 Å². The Morgan fingerprint density at radius 2 is 2.17 bits per heavy atom. The normalized spacial score (nSPS) is 24.9. The van der Waals surface area contributed by atoms with Gasteiger partial charge in [-0.3, -0.25) is 4.79 Å². The number of rotatable bonds is 7. The summed E-state index contributed by atoms with van der Waals surface area (Å²) in [5, 5.41) is 0. The predicted molar refractivity (Wildman–Crippen MR) is 66.8 cm³/mol. The maximum Gasteiger partial charge on any atom is 0.309 e. The Hall–Kier alpha value is -0.770. The first kappa shape index (κ1) is 15.3. The van der Waals surface area contributed by atoms with Crippen molar-refractivity contribution in [2.75, 3.05) is 7.11 Å². The molecule has 4 heteroatoms. The van der Waals surface area contributed by atoms with Gasteiger partial charge in [0, 0.05) is 13.5 Å². The molecule has 1 aliphatic rings. The Kier molecular flexibility index (Phi) is 5.93. The molecule has 2 nitrogen and oxygen atoms in total. The van der Waals surface area contributed by atoms with Crippen molar-refractivity contribution in [3.8, 4) is 0 Å². The SMILES string of the molecule is CCCCC(F)(F)C(=O)/C=C/C1CCC(OC)C1. The van der Waals surface area contributed by atoms with E-state index < -0.39 is 11.7 Å². The van der Waals surface area contributed by atoms with Crippen LogP contribution in [0.2, 0.25) is 0 Å². The number of hydrogen-bond donors (Lipinski definition) is 0. The zero-order valence-corrected chi connectivity index (χ0v) is 11.1. The average molecular weight is 260 g/mol. The van der Waals surface area contributed by atoms with Crippen molar-refractivity contribution in [2.24, 2.45) is 5.92 Å². The second kappa shape index (κ2) is 6.98. The van der Waals surface area contributed by atoms with E-state index in [4.69, 9.17) is 4.74 Å². The van der Waals surface area contributed by atoms with Gasteiger partial charge in [0.2, 0.25) is 5.78 Å². The van der Waals surface area contributed by atoms with Crippen molar-refractivity contribution in [3.05, 3.63) is 12.2 Å². The van der Waals surface area contributed by atoms with Crippen molar-refractivity contribution in [1.82, 2.24) is 0 Å². The number of allylic oxidation sites excluding steroid dienone is 2. The van der Waals surface area contributed by atoms with Crippen molar-refractivity contribution >= 4 is 5.78 Å². The van der Waals surface area contributed by atoms with E-state index in [1.54, 1.807) is 13.2 Å². The Morgan fingerprint density at radius 3 is 2.72 bits per heavy atom. The summed E-state index contributed by atoms with van der Waals surface area (Å²) >= 11 is 0. The third kappa shape index (κ3) is 4.48. The molecule has 0 radical (unpaired) electrons. The molecule has 1 saturated carbocycles. The summed E-state index contributed by atoms with van der Waals surface area (Å²) in [6, 6.07) is 0. The lowest BCUT2D eigenvalue weighted by molar-refractivity contribution is -0.138. The highest BCUT2D eigenvalue weighted by Crippen LogP contribution is 2.29. The predicted octanol–water partition coefficient (Wildman–Crippen LogP) is 3.75. The van der Waals surface area contributed by atoms with Gasteiger partial charge in [0.1, 0.15) is 0 Å². The van der Waals surface area contributed by atoms with E-state index >= 15 is 0 Å². The fourth-order valence-electron chi connectivity index (χ4n) is 2.23. The Morgan fingerprint density at radius 1 is 1.44 bits per heavy atom. The molecule has 0 aromatic carbocycles. The second-order valence-electron chi connectivity index (χ2n) is 4.96. The minimum absolute atomic E-state index is 0.195. The van der Waals surface area contributed by atoms with Crippen molar-refractivity contribution < 1.29 is 18.3 Å². The summed E-state index contributed by atoms with van der Waals surface area (Å²) in [5.74, 6) is -4.07. The van der Waals surface area contributed by atoms with E-state index in [0.717, 1.165) is 25.3 Å². The van der Waals surface area contributed by atoms with Crippen LogP contribution in [-0.2, 0) is 9.53 Å². The van der Waals surface area contributed by atoms with Crippen molar-refractivity contribution in [3.63, 3.8) is 0 Å². The number of halogens is 2. The van der Waals surface area contributed by atoms with E-state index in [-0.39, 0.29) is 18.4 Å². The molecular formula is C14H22F2O2. The molecule has 104 valence electrons. The topological polar surface area (TPSA) is 26.3 Å². The minimum Gasteiger partial charge on any atom is -0.381 e. The van der Waals surface area contributed by atoms with E-state index in [1.165, 1.54) is 0 Å². The molecule has 1 rings (SSSR count). The number of alkyl halides is 2. The lowest BCUT2D eigenvalue weighted by Crippen LogP contribution is -2.26. The molecule has 0 spiro atoms. The van der Waals surface area contributed by atoms with Crippen LogP contribution in [0.15, 0.2) is 12.2 Å². The smallest absolute Gasteiger partial charge is 0.309 e. The summed E-state index contributed by atoms with van der Waals surface area (Å²) < 4.78 is 32.0. The zero-order chi connectivity index (χ0) is 13.6. The van der Waals surface area contributed by atoms with Gasteiger partial charge in [-0.1, -0.05) is 19.4 Å². The molecule has 0 aromatic rings. The monoisotopic (exact) mass is 260 g/mol. The van der Waals surface area contributed by atoms with Crippen LogP contribution in [0.3, 0.4) is 0 Å². The van der Waals surface area contributed by atoms with Crippen LogP contribution in [0, 0.1) is 5.92 Å². The maximum absolute atomic E-state index is 13.4. The molecule has 18 heavy (non-hydrogen) atoms. The zero-order valence-electron chi connectivity index (χ0n) is 11.1. The molecule has 0 heterocycles. The molecular weight excluding hydrogens is 238 g/mol. The largest absolute Gasteiger partial charge is 0.381 e. The summed E-state index contributed by atoms with van der Waals surface area (Å²) in [6.45, 7) is 1.83. The van der Waals surface area contributed by atoms with Gasteiger partial charge in [0.25, 0.3) is 0 Å². The van der Waals surface area contributed by atoms with E-state index in [9.17, 15) is 13.6 Å². The van der Waals surface area contributed by atoms with Gasteiger partial charge in [0.15, 0.2) is 0 Å². The van der Waals surface area contributed by atoms with E-state index in [1.807, 2.05) is 6.92 Å². The van der Waals surface area contributed by atoms with Crippen LogP contribution >= 0.6 is 0 Å². The minimum atomic E-state index is -3.20. The van der Waals surface area contributed by atoms with Crippen molar-refractivity contribution in [2.45, 2.75) is 57.5 Å². The fourth-order valence-corrected chi connectivity index (χ4v) is 2.23. The van der Waals surface area contributed by atoms with Gasteiger partial charge < -0.3 is 4.74 Å². The molecule has 0 N–H and O–H groups in total. The summed E-state index contributed by atoms with van der Waals surface area (Å²) in [4.78, 5) is 11.4. The molecule has 1 aliphatic carbocycles. The summed E-state index contributed by atoms with van der Waals surface area (Å²) in [6.07, 6.45) is 6.26. The van der Waals surface area contributed by atoms with Crippen LogP contribution in [0.1, 0.15) is 45.4 Å². The number of ketones is 1. The summed E-state index contributed by atoms with van der Waals surface area (Å²) in [5.41, 5.74) is 0. The molecule has 0 amide bonds. The first-order valence-electron chi connectivity index (χ1n) is 6.63. The molecule has 0 aromatic heterocycles. The third-order valence-corrected chi connectivity index (χ3v) is 3.48. The van der Waals surface area contributed by atoms with Crippen LogP contribution in [0.25, 0.3) is 0 Å². The average Bonchev–Trinajstić information content (AvgIpc) is 2.81. The first-order chi connectivity index (χ1) is 8.49. The first-order valence-corrected chi connectivity index (χ1v) is 6.63. The van der Waals surface area contributed by atoms with Crippen LogP contribution in [0.5, 0.6) is 0 Å². The lowest BCUT2D eigenvalue weighted by atomic mass is 10.0. The summed E-state index contributed by atoms with van der Waals surface area (Å²) in [7, 11) is 1.65. The second-order valence-corrected chi connectivity index (χ2v) is 4.96. The van der Waals surface area contributed by atoms with Crippen LogP contribution < -0.4 is 0 Å². The van der Waals surface area contributed by atoms with Crippen LogP contribution in [-0.4, -0.2) is 24.9 Å².